The topological polar surface area (TPSA) is 64.1 Å². The molecule has 2 aromatic heterocycles. The van der Waals surface area contributed by atoms with Crippen molar-refractivity contribution in [2.24, 2.45) is 0 Å². The third-order valence-corrected chi connectivity index (χ3v) is 3.88. The van der Waals surface area contributed by atoms with Crippen molar-refractivity contribution in [1.29, 1.82) is 0 Å². The Hall–Kier alpha value is -3.02. The summed E-state index contributed by atoms with van der Waals surface area (Å²) in [7, 11) is 0. The quantitative estimate of drug-likeness (QED) is 0.689. The van der Waals surface area contributed by atoms with E-state index in [0.29, 0.717) is 28.0 Å². The molecule has 0 aliphatic carbocycles. The Labute approximate surface area is 151 Å². The maximum Gasteiger partial charge on any atom is 0.342 e. The van der Waals surface area contributed by atoms with E-state index >= 15 is 0 Å². The van der Waals surface area contributed by atoms with Crippen LogP contribution in [-0.4, -0.2) is 22.0 Å². The highest BCUT2D eigenvalue weighted by Gasteiger charge is 2.19. The molecule has 2 heterocycles. The van der Waals surface area contributed by atoms with Gasteiger partial charge >= 0.3 is 5.97 Å². The van der Waals surface area contributed by atoms with E-state index in [1.807, 2.05) is 19.1 Å². The summed E-state index contributed by atoms with van der Waals surface area (Å²) < 4.78 is 18.8. The first-order chi connectivity index (χ1) is 12.3. The highest BCUT2D eigenvalue weighted by Crippen LogP contribution is 2.30. The van der Waals surface area contributed by atoms with Gasteiger partial charge in [0, 0.05) is 23.0 Å². The number of carbonyl (C=O) groups is 1. The van der Waals surface area contributed by atoms with Gasteiger partial charge in [0.05, 0.1) is 11.8 Å². The highest BCUT2D eigenvalue weighted by atomic mass is 19.1. The lowest BCUT2D eigenvalue weighted by atomic mass is 10.1. The third kappa shape index (κ3) is 3.64. The van der Waals surface area contributed by atoms with Crippen molar-refractivity contribution in [2.45, 2.75) is 33.8 Å². The molecule has 6 heteroatoms. The predicted octanol–water partition coefficient (Wildman–Crippen LogP) is 4.69. The third-order valence-electron chi connectivity index (χ3n) is 3.88. The van der Waals surface area contributed by atoms with Crippen molar-refractivity contribution in [2.75, 3.05) is 5.32 Å². The number of anilines is 2. The van der Waals surface area contributed by atoms with Crippen molar-refractivity contribution in [3.05, 3.63) is 59.2 Å². The van der Waals surface area contributed by atoms with Crippen LogP contribution >= 0.6 is 0 Å². The Morgan fingerprint density at radius 3 is 2.65 bits per heavy atom. The summed E-state index contributed by atoms with van der Waals surface area (Å²) in [5.41, 5.74) is 3.61. The monoisotopic (exact) mass is 353 g/mol. The fourth-order valence-electron chi connectivity index (χ4n) is 2.64. The molecule has 0 radical (unpaired) electrons. The molecule has 0 aliphatic heterocycles. The summed E-state index contributed by atoms with van der Waals surface area (Å²) >= 11 is 0. The molecule has 3 aromatic rings. The zero-order chi connectivity index (χ0) is 18.8. The molecular formula is C20H20FN3O2. The van der Waals surface area contributed by atoms with Crippen LogP contribution in [0.4, 0.5) is 15.8 Å². The largest absolute Gasteiger partial charge is 0.459 e. The number of pyridine rings is 2. The van der Waals surface area contributed by atoms with E-state index in [-0.39, 0.29) is 11.9 Å². The molecule has 1 aromatic carbocycles. The molecule has 0 bridgehead atoms. The van der Waals surface area contributed by atoms with E-state index in [0.717, 1.165) is 11.3 Å². The molecule has 0 spiro atoms. The van der Waals surface area contributed by atoms with Gasteiger partial charge in [-0.15, -0.1) is 0 Å². The van der Waals surface area contributed by atoms with Gasteiger partial charge in [-0.05, 0) is 63.6 Å². The Morgan fingerprint density at radius 2 is 1.96 bits per heavy atom. The van der Waals surface area contributed by atoms with Gasteiger partial charge in [0.25, 0.3) is 0 Å². The molecule has 5 nitrogen and oxygen atoms in total. The second kappa shape index (κ2) is 7.07. The number of fused-ring (bicyclic) bond motifs is 1. The Bertz CT molecular complexity index is 986. The van der Waals surface area contributed by atoms with Crippen LogP contribution in [0.5, 0.6) is 0 Å². The lowest BCUT2D eigenvalue weighted by Crippen LogP contribution is -2.14. The molecule has 0 amide bonds. The van der Waals surface area contributed by atoms with Crippen LogP contribution in [-0.2, 0) is 4.74 Å². The molecule has 0 aliphatic rings. The Morgan fingerprint density at radius 1 is 1.19 bits per heavy atom. The normalized spacial score (nSPS) is 11.0. The minimum atomic E-state index is -0.475. The number of halogens is 1. The van der Waals surface area contributed by atoms with Crippen molar-refractivity contribution >= 4 is 28.4 Å². The van der Waals surface area contributed by atoms with Crippen LogP contribution < -0.4 is 5.32 Å². The summed E-state index contributed by atoms with van der Waals surface area (Å²) in [6.45, 7) is 7.24. The average Bonchev–Trinajstić information content (AvgIpc) is 2.56. The average molecular weight is 353 g/mol. The number of aromatic nitrogens is 2. The number of benzene rings is 1. The molecule has 26 heavy (non-hydrogen) atoms. The van der Waals surface area contributed by atoms with Gasteiger partial charge in [-0.2, -0.15) is 0 Å². The minimum Gasteiger partial charge on any atom is -0.459 e. The second-order valence-electron chi connectivity index (χ2n) is 6.41. The fraction of sp³-hybridized carbons (Fsp3) is 0.250. The van der Waals surface area contributed by atoms with Crippen molar-refractivity contribution < 1.29 is 13.9 Å². The molecule has 3 rings (SSSR count). The summed E-state index contributed by atoms with van der Waals surface area (Å²) in [5, 5.41) is 3.93. The smallest absolute Gasteiger partial charge is 0.342 e. The number of rotatable bonds is 4. The van der Waals surface area contributed by atoms with E-state index in [9.17, 15) is 9.18 Å². The predicted molar refractivity (Wildman–Crippen MR) is 99.2 cm³/mol. The van der Waals surface area contributed by atoms with Gasteiger partial charge in [-0.25, -0.2) is 19.2 Å². The molecular weight excluding hydrogens is 333 g/mol. The molecule has 0 saturated carbocycles. The molecule has 0 atom stereocenters. The van der Waals surface area contributed by atoms with Crippen LogP contribution in [0, 0.1) is 19.7 Å². The first kappa shape index (κ1) is 17.8. The summed E-state index contributed by atoms with van der Waals surface area (Å²) in [6.07, 6.45) is 1.20. The van der Waals surface area contributed by atoms with Crippen LogP contribution in [0.3, 0.4) is 0 Å². The maximum absolute atomic E-state index is 13.4. The molecule has 0 unspecified atom stereocenters. The fourth-order valence-corrected chi connectivity index (χ4v) is 2.64. The second-order valence-corrected chi connectivity index (χ2v) is 6.41. The minimum absolute atomic E-state index is 0.255. The molecule has 0 fully saturated rings. The van der Waals surface area contributed by atoms with E-state index in [1.165, 1.54) is 18.3 Å². The number of nitrogens with one attached hydrogen (secondary N) is 1. The van der Waals surface area contributed by atoms with E-state index < -0.39 is 5.97 Å². The van der Waals surface area contributed by atoms with Gasteiger partial charge in [-0.1, -0.05) is 0 Å². The summed E-state index contributed by atoms with van der Waals surface area (Å²) in [6, 6.07) is 8.14. The summed E-state index contributed by atoms with van der Waals surface area (Å²) in [5.74, 6) is -0.790. The molecule has 0 saturated heterocycles. The van der Waals surface area contributed by atoms with Crippen molar-refractivity contribution in [1.82, 2.24) is 9.97 Å². The Balaban J connectivity index is 2.16. The van der Waals surface area contributed by atoms with E-state index in [4.69, 9.17) is 4.74 Å². The number of aryl methyl sites for hydroxylation is 2. The summed E-state index contributed by atoms with van der Waals surface area (Å²) in [4.78, 5) is 21.2. The Kier molecular flexibility index (Phi) is 4.84. The van der Waals surface area contributed by atoms with Crippen LogP contribution in [0.2, 0.25) is 0 Å². The first-order valence-electron chi connectivity index (χ1n) is 8.35. The standard InChI is InChI=1S/C20H20FN3O2/c1-11(2)26-20(25)16-10-22-19-15(7-5-13(4)23-19)18(16)24-17-8-6-14(21)9-12(17)3/h5-11H,1-4H3,(H,22,23,24). The highest BCUT2D eigenvalue weighted by molar-refractivity contribution is 6.05. The van der Waals surface area contributed by atoms with Crippen molar-refractivity contribution in [3.8, 4) is 0 Å². The molecule has 1 N–H and O–H groups in total. The zero-order valence-electron chi connectivity index (χ0n) is 15.1. The number of nitrogens with zero attached hydrogens (tertiary/aromatic N) is 2. The van der Waals surface area contributed by atoms with Gasteiger partial charge in [0.1, 0.15) is 11.4 Å². The number of hydrogen-bond acceptors (Lipinski definition) is 5. The van der Waals surface area contributed by atoms with Crippen LogP contribution in [0.15, 0.2) is 36.5 Å². The number of ether oxygens (including phenoxy) is 1. The van der Waals surface area contributed by atoms with E-state index in [2.05, 4.69) is 15.3 Å². The van der Waals surface area contributed by atoms with Gasteiger partial charge in [0.2, 0.25) is 0 Å². The van der Waals surface area contributed by atoms with E-state index in [1.54, 1.807) is 26.8 Å². The van der Waals surface area contributed by atoms with Crippen LogP contribution in [0.25, 0.3) is 11.0 Å². The number of carbonyl (C=O) groups excluding carboxylic acids is 1. The first-order valence-corrected chi connectivity index (χ1v) is 8.35. The maximum atomic E-state index is 13.4. The zero-order valence-corrected chi connectivity index (χ0v) is 15.1. The van der Waals surface area contributed by atoms with Gasteiger partial charge in [0.15, 0.2) is 5.65 Å². The SMILES string of the molecule is Cc1ccc2c(Nc3ccc(F)cc3C)c(C(=O)OC(C)C)cnc2n1. The molecule has 134 valence electrons. The van der Waals surface area contributed by atoms with Crippen molar-refractivity contribution in [3.63, 3.8) is 0 Å². The van der Waals surface area contributed by atoms with Crippen LogP contribution in [0.1, 0.15) is 35.5 Å². The number of esters is 1. The van der Waals surface area contributed by atoms with Gasteiger partial charge < -0.3 is 10.1 Å². The van der Waals surface area contributed by atoms with Gasteiger partial charge in [-0.3, -0.25) is 0 Å². The number of hydrogen-bond donors (Lipinski definition) is 1. The lowest BCUT2D eigenvalue weighted by Gasteiger charge is -2.16. The lowest BCUT2D eigenvalue weighted by molar-refractivity contribution is 0.0379.